The first-order valence-corrected chi connectivity index (χ1v) is 7.43. The molecule has 110 valence electrons. The summed E-state index contributed by atoms with van der Waals surface area (Å²) in [4.78, 5) is 16.2. The van der Waals surface area contributed by atoms with Crippen LogP contribution in [0.25, 0.3) is 0 Å². The molecule has 0 saturated carbocycles. The molecule has 1 spiro atoms. The van der Waals surface area contributed by atoms with Crippen LogP contribution in [0.2, 0.25) is 0 Å². The van der Waals surface area contributed by atoms with Crippen molar-refractivity contribution in [3.8, 4) is 0 Å². The van der Waals surface area contributed by atoms with Crippen molar-refractivity contribution in [1.82, 2.24) is 19.6 Å². The van der Waals surface area contributed by atoms with Crippen LogP contribution in [-0.2, 0) is 18.4 Å². The van der Waals surface area contributed by atoms with Crippen molar-refractivity contribution >= 4 is 5.91 Å². The molecular formula is C15H24N4O. The molecule has 2 saturated heterocycles. The number of carbonyl (C=O) groups excluding carboxylic acids is 1. The summed E-state index contributed by atoms with van der Waals surface area (Å²) in [5, 5.41) is 4.31. The van der Waals surface area contributed by atoms with Crippen LogP contribution in [-0.4, -0.2) is 52.2 Å². The predicted molar refractivity (Wildman–Crippen MR) is 77.1 cm³/mol. The monoisotopic (exact) mass is 276 g/mol. The number of carbonyl (C=O) groups is 1. The lowest BCUT2D eigenvalue weighted by atomic mass is 9.77. The summed E-state index contributed by atoms with van der Waals surface area (Å²) in [6.07, 6.45) is 5.01. The third kappa shape index (κ3) is 2.35. The zero-order valence-corrected chi connectivity index (χ0v) is 12.7. The van der Waals surface area contributed by atoms with Gasteiger partial charge in [-0.1, -0.05) is 0 Å². The molecule has 3 rings (SSSR count). The van der Waals surface area contributed by atoms with Gasteiger partial charge < -0.3 is 4.90 Å². The Hall–Kier alpha value is -1.36. The molecule has 0 N–H and O–H groups in total. The number of amides is 1. The maximum Gasteiger partial charge on any atom is 0.222 e. The SMILES string of the molecule is Cc1c(CN2CCC3(CC2)CC(=O)N(C)C3)cnn1C. The Kier molecular flexibility index (Phi) is 3.32. The quantitative estimate of drug-likeness (QED) is 0.814. The first-order valence-electron chi connectivity index (χ1n) is 7.43. The number of aryl methyl sites for hydroxylation is 1. The third-order valence-electron chi connectivity index (χ3n) is 5.17. The molecule has 0 aliphatic carbocycles. The van der Waals surface area contributed by atoms with Gasteiger partial charge in [0.05, 0.1) is 6.20 Å². The summed E-state index contributed by atoms with van der Waals surface area (Å²) in [5.41, 5.74) is 2.83. The van der Waals surface area contributed by atoms with E-state index in [0.717, 1.165) is 45.4 Å². The van der Waals surface area contributed by atoms with Crippen molar-refractivity contribution in [2.45, 2.75) is 32.7 Å². The smallest absolute Gasteiger partial charge is 0.222 e. The molecule has 1 aromatic heterocycles. The van der Waals surface area contributed by atoms with E-state index in [2.05, 4.69) is 16.9 Å². The maximum atomic E-state index is 11.8. The van der Waals surface area contributed by atoms with Gasteiger partial charge in [0.1, 0.15) is 0 Å². The Balaban J connectivity index is 1.59. The number of piperidine rings is 1. The summed E-state index contributed by atoms with van der Waals surface area (Å²) < 4.78 is 1.94. The molecule has 2 aliphatic rings. The van der Waals surface area contributed by atoms with Gasteiger partial charge in [-0.05, 0) is 38.3 Å². The molecule has 1 aromatic rings. The van der Waals surface area contributed by atoms with E-state index in [1.54, 1.807) is 0 Å². The van der Waals surface area contributed by atoms with Gasteiger partial charge in [-0.3, -0.25) is 14.4 Å². The molecule has 0 bridgehead atoms. The van der Waals surface area contributed by atoms with Crippen LogP contribution in [0.4, 0.5) is 0 Å². The second-order valence-electron chi connectivity index (χ2n) is 6.58. The standard InChI is InChI=1S/C15H24N4O/c1-12-13(9-16-18(12)3)10-19-6-4-15(5-7-19)8-14(20)17(2)11-15/h9H,4-8,10-11H2,1-3H3. The average molecular weight is 276 g/mol. The lowest BCUT2D eigenvalue weighted by Crippen LogP contribution is -2.40. The van der Waals surface area contributed by atoms with E-state index in [1.165, 1.54) is 11.3 Å². The van der Waals surface area contributed by atoms with Crippen LogP contribution in [0.5, 0.6) is 0 Å². The highest BCUT2D eigenvalue weighted by Gasteiger charge is 2.43. The molecule has 5 heteroatoms. The normalized spacial score (nSPS) is 22.9. The summed E-state index contributed by atoms with van der Waals surface area (Å²) in [5.74, 6) is 0.321. The second kappa shape index (κ2) is 4.88. The molecule has 20 heavy (non-hydrogen) atoms. The molecule has 1 amide bonds. The van der Waals surface area contributed by atoms with Crippen LogP contribution >= 0.6 is 0 Å². The van der Waals surface area contributed by atoms with Crippen LogP contribution in [0.3, 0.4) is 0 Å². The Bertz CT molecular complexity index is 514. The van der Waals surface area contributed by atoms with Gasteiger partial charge in [0.2, 0.25) is 5.91 Å². The van der Waals surface area contributed by atoms with Crippen molar-refractivity contribution in [2.75, 3.05) is 26.7 Å². The minimum Gasteiger partial charge on any atom is -0.345 e. The Morgan fingerprint density at radius 2 is 2.00 bits per heavy atom. The molecule has 0 atom stereocenters. The largest absolute Gasteiger partial charge is 0.345 e. The number of aromatic nitrogens is 2. The van der Waals surface area contributed by atoms with Crippen molar-refractivity contribution in [1.29, 1.82) is 0 Å². The fourth-order valence-corrected chi connectivity index (χ4v) is 3.56. The van der Waals surface area contributed by atoms with Crippen LogP contribution in [0.15, 0.2) is 6.20 Å². The molecule has 2 fully saturated rings. The van der Waals surface area contributed by atoms with E-state index in [1.807, 2.05) is 29.9 Å². The summed E-state index contributed by atoms with van der Waals surface area (Å²) in [7, 11) is 3.92. The van der Waals surface area contributed by atoms with E-state index in [-0.39, 0.29) is 5.41 Å². The van der Waals surface area contributed by atoms with E-state index < -0.39 is 0 Å². The van der Waals surface area contributed by atoms with Crippen LogP contribution < -0.4 is 0 Å². The van der Waals surface area contributed by atoms with Crippen molar-refractivity contribution in [2.24, 2.45) is 12.5 Å². The number of hydrogen-bond acceptors (Lipinski definition) is 3. The lowest BCUT2D eigenvalue weighted by Gasteiger charge is -2.38. The van der Waals surface area contributed by atoms with Gasteiger partial charge in [-0.2, -0.15) is 5.10 Å². The fourth-order valence-electron chi connectivity index (χ4n) is 3.56. The zero-order chi connectivity index (χ0) is 14.3. The van der Waals surface area contributed by atoms with Crippen molar-refractivity contribution < 1.29 is 4.79 Å². The van der Waals surface area contributed by atoms with E-state index in [9.17, 15) is 4.79 Å². The number of rotatable bonds is 2. The van der Waals surface area contributed by atoms with Gasteiger partial charge in [0.15, 0.2) is 0 Å². The van der Waals surface area contributed by atoms with Crippen LogP contribution in [0.1, 0.15) is 30.5 Å². The average Bonchev–Trinajstić information content (AvgIpc) is 2.87. The number of hydrogen-bond donors (Lipinski definition) is 0. The maximum absolute atomic E-state index is 11.8. The second-order valence-corrected chi connectivity index (χ2v) is 6.58. The van der Waals surface area contributed by atoms with Gasteiger partial charge in [0.25, 0.3) is 0 Å². The first kappa shape index (κ1) is 13.6. The number of nitrogens with zero attached hydrogens (tertiary/aromatic N) is 4. The molecule has 0 unspecified atom stereocenters. The van der Waals surface area contributed by atoms with Gasteiger partial charge in [-0.25, -0.2) is 0 Å². The fraction of sp³-hybridized carbons (Fsp3) is 0.733. The molecule has 0 aromatic carbocycles. The third-order valence-corrected chi connectivity index (χ3v) is 5.17. The highest BCUT2D eigenvalue weighted by atomic mass is 16.2. The summed E-state index contributed by atoms with van der Waals surface area (Å²) in [6, 6.07) is 0. The van der Waals surface area contributed by atoms with Crippen molar-refractivity contribution in [3.63, 3.8) is 0 Å². The van der Waals surface area contributed by atoms with Gasteiger partial charge >= 0.3 is 0 Å². The molecule has 5 nitrogen and oxygen atoms in total. The van der Waals surface area contributed by atoms with Crippen molar-refractivity contribution in [3.05, 3.63) is 17.5 Å². The Morgan fingerprint density at radius 1 is 1.30 bits per heavy atom. The Labute approximate surface area is 120 Å². The highest BCUT2D eigenvalue weighted by molar-refractivity contribution is 5.79. The number of likely N-dealkylation sites (tertiary alicyclic amines) is 2. The van der Waals surface area contributed by atoms with E-state index in [4.69, 9.17) is 0 Å². The first-order chi connectivity index (χ1) is 9.49. The molecular weight excluding hydrogens is 252 g/mol. The molecule has 3 heterocycles. The molecule has 0 radical (unpaired) electrons. The van der Waals surface area contributed by atoms with Crippen LogP contribution in [0, 0.1) is 12.3 Å². The van der Waals surface area contributed by atoms with E-state index >= 15 is 0 Å². The minimum absolute atomic E-state index is 0.256. The molecule has 2 aliphatic heterocycles. The lowest BCUT2D eigenvalue weighted by molar-refractivity contribution is -0.126. The summed E-state index contributed by atoms with van der Waals surface area (Å²) >= 11 is 0. The highest BCUT2D eigenvalue weighted by Crippen LogP contribution is 2.40. The zero-order valence-electron chi connectivity index (χ0n) is 12.7. The van der Waals surface area contributed by atoms with Gasteiger partial charge in [-0.15, -0.1) is 0 Å². The minimum atomic E-state index is 0.256. The van der Waals surface area contributed by atoms with E-state index in [0.29, 0.717) is 5.91 Å². The summed E-state index contributed by atoms with van der Waals surface area (Å²) in [6.45, 7) is 6.24. The Morgan fingerprint density at radius 3 is 2.50 bits per heavy atom. The topological polar surface area (TPSA) is 41.4 Å². The van der Waals surface area contributed by atoms with Gasteiger partial charge in [0, 0.05) is 44.9 Å². The predicted octanol–water partition coefficient (Wildman–Crippen LogP) is 1.17.